The molecular weight excluding hydrogens is 272 g/mol. The van der Waals surface area contributed by atoms with Crippen molar-refractivity contribution in [2.75, 3.05) is 7.11 Å². The fourth-order valence-electron chi connectivity index (χ4n) is 1.17. The predicted octanol–water partition coefficient (Wildman–Crippen LogP) is 3.04. The van der Waals surface area contributed by atoms with Gasteiger partial charge in [0.1, 0.15) is 5.75 Å². The van der Waals surface area contributed by atoms with E-state index in [9.17, 15) is 0 Å². The van der Waals surface area contributed by atoms with Crippen molar-refractivity contribution in [3.8, 4) is 17.4 Å². The van der Waals surface area contributed by atoms with Crippen LogP contribution in [0.1, 0.15) is 0 Å². The van der Waals surface area contributed by atoms with E-state index in [4.69, 9.17) is 9.47 Å². The lowest BCUT2D eigenvalue weighted by Crippen LogP contribution is -1.92. The molecule has 2 aromatic heterocycles. The van der Waals surface area contributed by atoms with Gasteiger partial charge in [0.2, 0.25) is 0 Å². The zero-order valence-electron chi connectivity index (χ0n) is 8.55. The zero-order valence-corrected chi connectivity index (χ0v) is 10.1. The van der Waals surface area contributed by atoms with Gasteiger partial charge in [-0.05, 0) is 34.1 Å². The summed E-state index contributed by atoms with van der Waals surface area (Å²) < 4.78 is 11.5. The van der Waals surface area contributed by atoms with Crippen LogP contribution in [0.5, 0.6) is 17.4 Å². The molecule has 5 heteroatoms. The van der Waals surface area contributed by atoms with Gasteiger partial charge in [-0.2, -0.15) is 0 Å². The molecule has 0 aliphatic carbocycles. The molecule has 2 aromatic rings. The predicted molar refractivity (Wildman–Crippen MR) is 62.8 cm³/mol. The Kier molecular flexibility index (Phi) is 3.36. The number of methoxy groups -OCH3 is 1. The SMILES string of the molecule is COc1cccnc1Oc1cncc(Br)c1. The van der Waals surface area contributed by atoms with Gasteiger partial charge in [-0.25, -0.2) is 4.98 Å². The number of ether oxygens (including phenoxy) is 2. The molecule has 0 spiro atoms. The van der Waals surface area contributed by atoms with E-state index in [1.165, 1.54) is 0 Å². The zero-order chi connectivity index (χ0) is 11.4. The lowest BCUT2D eigenvalue weighted by atomic mass is 10.4. The van der Waals surface area contributed by atoms with Gasteiger partial charge in [0.15, 0.2) is 5.75 Å². The summed E-state index contributed by atoms with van der Waals surface area (Å²) in [4.78, 5) is 8.08. The number of hydrogen-bond acceptors (Lipinski definition) is 4. The van der Waals surface area contributed by atoms with Crippen LogP contribution in [0.4, 0.5) is 0 Å². The normalized spacial score (nSPS) is 9.88. The monoisotopic (exact) mass is 280 g/mol. The summed E-state index contributed by atoms with van der Waals surface area (Å²) in [5, 5.41) is 0. The number of halogens is 1. The van der Waals surface area contributed by atoms with Crippen molar-refractivity contribution in [3.05, 3.63) is 41.3 Å². The number of nitrogens with zero attached hydrogens (tertiary/aromatic N) is 2. The summed E-state index contributed by atoms with van der Waals surface area (Å²) >= 11 is 3.32. The Morgan fingerprint density at radius 2 is 2.19 bits per heavy atom. The highest BCUT2D eigenvalue weighted by Gasteiger charge is 2.06. The summed E-state index contributed by atoms with van der Waals surface area (Å²) in [6.07, 6.45) is 4.94. The third-order valence-electron chi connectivity index (χ3n) is 1.85. The molecule has 2 rings (SSSR count). The van der Waals surface area contributed by atoms with Gasteiger partial charge in [0.25, 0.3) is 5.88 Å². The van der Waals surface area contributed by atoms with Crippen LogP contribution in [-0.4, -0.2) is 17.1 Å². The second-order valence-corrected chi connectivity index (χ2v) is 3.87. The largest absolute Gasteiger partial charge is 0.491 e. The number of rotatable bonds is 3. The minimum Gasteiger partial charge on any atom is -0.491 e. The molecule has 0 bridgehead atoms. The van der Waals surface area contributed by atoms with E-state index in [0.717, 1.165) is 4.47 Å². The standard InChI is InChI=1S/C11H9BrN2O2/c1-15-10-3-2-4-14-11(10)16-9-5-8(12)6-13-7-9/h2-7H,1H3. The number of hydrogen-bond donors (Lipinski definition) is 0. The Morgan fingerprint density at radius 3 is 2.94 bits per heavy atom. The molecule has 0 N–H and O–H groups in total. The van der Waals surface area contributed by atoms with E-state index in [1.807, 2.05) is 0 Å². The molecule has 2 heterocycles. The van der Waals surface area contributed by atoms with Crippen LogP contribution in [0.3, 0.4) is 0 Å². The van der Waals surface area contributed by atoms with E-state index in [1.54, 1.807) is 43.9 Å². The third kappa shape index (κ3) is 2.49. The van der Waals surface area contributed by atoms with Crippen molar-refractivity contribution in [2.45, 2.75) is 0 Å². The summed E-state index contributed by atoms with van der Waals surface area (Å²) in [6, 6.07) is 5.37. The topological polar surface area (TPSA) is 44.2 Å². The number of aromatic nitrogens is 2. The molecule has 0 amide bonds. The molecule has 0 radical (unpaired) electrons. The first kappa shape index (κ1) is 10.9. The summed E-state index contributed by atoms with van der Waals surface area (Å²) in [5.41, 5.74) is 0. The van der Waals surface area contributed by atoms with E-state index in [2.05, 4.69) is 25.9 Å². The van der Waals surface area contributed by atoms with Gasteiger partial charge in [0.05, 0.1) is 13.3 Å². The van der Waals surface area contributed by atoms with Crippen molar-refractivity contribution in [2.24, 2.45) is 0 Å². The van der Waals surface area contributed by atoms with Crippen LogP contribution in [-0.2, 0) is 0 Å². The molecule has 0 saturated carbocycles. The van der Waals surface area contributed by atoms with Gasteiger partial charge >= 0.3 is 0 Å². The van der Waals surface area contributed by atoms with Crippen molar-refractivity contribution in [1.29, 1.82) is 0 Å². The molecule has 0 saturated heterocycles. The average Bonchev–Trinajstić information content (AvgIpc) is 2.30. The lowest BCUT2D eigenvalue weighted by Gasteiger charge is -2.08. The van der Waals surface area contributed by atoms with Gasteiger partial charge in [-0.3, -0.25) is 4.98 Å². The molecule has 0 atom stereocenters. The fourth-order valence-corrected chi connectivity index (χ4v) is 1.51. The first-order valence-electron chi connectivity index (χ1n) is 4.57. The van der Waals surface area contributed by atoms with E-state index in [-0.39, 0.29) is 0 Å². The second-order valence-electron chi connectivity index (χ2n) is 2.95. The molecule has 82 valence electrons. The van der Waals surface area contributed by atoms with Crippen molar-refractivity contribution in [1.82, 2.24) is 9.97 Å². The van der Waals surface area contributed by atoms with E-state index < -0.39 is 0 Å². The molecule has 0 aromatic carbocycles. The molecular formula is C11H9BrN2O2. The number of pyridine rings is 2. The first-order chi connectivity index (χ1) is 7.79. The second kappa shape index (κ2) is 4.94. The molecule has 16 heavy (non-hydrogen) atoms. The molecule has 4 nitrogen and oxygen atoms in total. The summed E-state index contributed by atoms with van der Waals surface area (Å²) in [7, 11) is 1.57. The van der Waals surface area contributed by atoms with Crippen molar-refractivity contribution < 1.29 is 9.47 Å². The Labute approximate surface area is 101 Å². The minimum absolute atomic E-state index is 0.421. The van der Waals surface area contributed by atoms with Crippen LogP contribution in [0.15, 0.2) is 41.3 Å². The van der Waals surface area contributed by atoms with Crippen LogP contribution in [0.2, 0.25) is 0 Å². The van der Waals surface area contributed by atoms with Crippen LogP contribution in [0, 0.1) is 0 Å². The molecule has 0 unspecified atom stereocenters. The van der Waals surface area contributed by atoms with Crippen molar-refractivity contribution in [3.63, 3.8) is 0 Å². The van der Waals surface area contributed by atoms with Gasteiger partial charge < -0.3 is 9.47 Å². The fraction of sp³-hybridized carbons (Fsp3) is 0.0909. The smallest absolute Gasteiger partial charge is 0.262 e. The third-order valence-corrected chi connectivity index (χ3v) is 2.28. The molecule has 0 aliphatic rings. The lowest BCUT2D eigenvalue weighted by molar-refractivity contribution is 0.369. The Hall–Kier alpha value is -1.62. The maximum Gasteiger partial charge on any atom is 0.262 e. The minimum atomic E-state index is 0.421. The highest BCUT2D eigenvalue weighted by Crippen LogP contribution is 2.28. The summed E-state index contributed by atoms with van der Waals surface area (Å²) in [5.74, 6) is 1.61. The summed E-state index contributed by atoms with van der Waals surface area (Å²) in [6.45, 7) is 0. The highest BCUT2D eigenvalue weighted by atomic mass is 79.9. The van der Waals surface area contributed by atoms with Gasteiger partial charge in [0, 0.05) is 16.9 Å². The maximum atomic E-state index is 5.55. The Bertz CT molecular complexity index is 491. The molecule has 0 aliphatic heterocycles. The van der Waals surface area contributed by atoms with Crippen LogP contribution >= 0.6 is 15.9 Å². The van der Waals surface area contributed by atoms with E-state index >= 15 is 0 Å². The highest BCUT2D eigenvalue weighted by molar-refractivity contribution is 9.10. The Morgan fingerprint density at radius 1 is 1.31 bits per heavy atom. The van der Waals surface area contributed by atoms with E-state index in [0.29, 0.717) is 17.4 Å². The Balaban J connectivity index is 2.26. The van der Waals surface area contributed by atoms with Crippen LogP contribution in [0.25, 0.3) is 0 Å². The van der Waals surface area contributed by atoms with Crippen LogP contribution < -0.4 is 9.47 Å². The first-order valence-corrected chi connectivity index (χ1v) is 5.36. The van der Waals surface area contributed by atoms with Gasteiger partial charge in [-0.1, -0.05) is 0 Å². The molecule has 0 fully saturated rings. The van der Waals surface area contributed by atoms with Crippen molar-refractivity contribution >= 4 is 15.9 Å². The maximum absolute atomic E-state index is 5.55. The van der Waals surface area contributed by atoms with Gasteiger partial charge in [-0.15, -0.1) is 0 Å². The average molecular weight is 281 g/mol. The quantitative estimate of drug-likeness (QED) is 0.867.